The Labute approximate surface area is 214 Å². The number of hydrogen-bond acceptors (Lipinski definition) is 6. The van der Waals surface area contributed by atoms with E-state index in [1.165, 1.54) is 29.5 Å². The Morgan fingerprint density at radius 1 is 1.06 bits per heavy atom. The van der Waals surface area contributed by atoms with Gasteiger partial charge in [0, 0.05) is 19.0 Å². The maximum absolute atomic E-state index is 8.03. The number of rotatable bonds is 8. The Morgan fingerprint density at radius 2 is 1.81 bits per heavy atom. The molecular formula is C30H37N3O3. The monoisotopic (exact) mass is 487 g/mol. The molecule has 0 unspecified atom stereocenters. The number of aryl methyl sites for hydroxylation is 2. The van der Waals surface area contributed by atoms with Gasteiger partial charge in [-0.2, -0.15) is 0 Å². The van der Waals surface area contributed by atoms with Crippen LogP contribution in [0.2, 0.25) is 0 Å². The second kappa shape index (κ2) is 12.9. The van der Waals surface area contributed by atoms with Gasteiger partial charge in [-0.05, 0) is 80.9 Å². The Kier molecular flexibility index (Phi) is 9.72. The van der Waals surface area contributed by atoms with Crippen molar-refractivity contribution in [3.63, 3.8) is 0 Å². The molecule has 0 aliphatic carbocycles. The van der Waals surface area contributed by atoms with Crippen LogP contribution < -0.4 is 4.74 Å². The van der Waals surface area contributed by atoms with Gasteiger partial charge in [-0.1, -0.05) is 31.2 Å². The van der Waals surface area contributed by atoms with Crippen LogP contribution in [-0.4, -0.2) is 42.9 Å². The van der Waals surface area contributed by atoms with Crippen LogP contribution in [0.25, 0.3) is 11.0 Å². The zero-order valence-electron chi connectivity index (χ0n) is 21.6. The van der Waals surface area contributed by atoms with Gasteiger partial charge in [0.25, 0.3) is 5.90 Å². The van der Waals surface area contributed by atoms with Gasteiger partial charge in [0.05, 0.1) is 12.0 Å². The molecular weight excluding hydrogens is 450 g/mol. The zero-order chi connectivity index (χ0) is 26.1. The molecule has 0 bridgehead atoms. The third kappa shape index (κ3) is 6.77. The van der Waals surface area contributed by atoms with Gasteiger partial charge < -0.3 is 18.8 Å². The summed E-state index contributed by atoms with van der Waals surface area (Å²) in [5, 5.41) is 16.5. The zero-order valence-corrected chi connectivity index (χ0v) is 21.6. The maximum atomic E-state index is 8.03. The molecule has 6 heteroatoms. The number of piperidine rings is 1. The summed E-state index contributed by atoms with van der Waals surface area (Å²) in [6.45, 7) is 10.1. The Bertz CT molecular complexity index is 1200. The summed E-state index contributed by atoms with van der Waals surface area (Å²) in [5.74, 6) is 1.61. The molecule has 0 saturated carbocycles. The van der Waals surface area contributed by atoms with Crippen LogP contribution in [0.15, 0.2) is 46.9 Å². The molecule has 1 fully saturated rings. The van der Waals surface area contributed by atoms with Crippen molar-refractivity contribution < 1.29 is 13.9 Å². The van der Waals surface area contributed by atoms with Crippen molar-refractivity contribution >= 4 is 22.8 Å². The average molecular weight is 488 g/mol. The summed E-state index contributed by atoms with van der Waals surface area (Å²) in [5.41, 5.74) is 4.90. The molecule has 3 aromatic rings. The SMILES string of the molecule is C#C.CCC(=N)OC(=N)c1cc2c(OCCCN3CCC(c4ccc(C)c(C)c4)CC3)cccc2o1. The number of likely N-dealkylation sites (tertiary alicyclic amines) is 1. The van der Waals surface area contributed by atoms with E-state index in [0.29, 0.717) is 30.3 Å². The van der Waals surface area contributed by atoms with Crippen molar-refractivity contribution in [2.24, 2.45) is 0 Å². The van der Waals surface area contributed by atoms with Gasteiger partial charge >= 0.3 is 0 Å². The highest BCUT2D eigenvalue weighted by Crippen LogP contribution is 2.31. The molecule has 2 aromatic carbocycles. The normalized spacial score (nSPS) is 14.1. The molecule has 6 nitrogen and oxygen atoms in total. The van der Waals surface area contributed by atoms with Gasteiger partial charge in [-0.25, -0.2) is 0 Å². The number of furan rings is 1. The van der Waals surface area contributed by atoms with Gasteiger partial charge in [0.1, 0.15) is 11.3 Å². The van der Waals surface area contributed by atoms with Crippen LogP contribution in [0, 0.1) is 37.5 Å². The fraction of sp³-hybridized carbons (Fsp3) is 0.400. The van der Waals surface area contributed by atoms with E-state index < -0.39 is 0 Å². The number of nitrogens with one attached hydrogen (secondary N) is 2. The smallest absolute Gasteiger partial charge is 0.256 e. The summed E-state index contributed by atoms with van der Waals surface area (Å²) >= 11 is 0. The average Bonchev–Trinajstić information content (AvgIpc) is 3.35. The lowest BCUT2D eigenvalue weighted by molar-refractivity contribution is 0.193. The quantitative estimate of drug-likeness (QED) is 0.161. The molecule has 1 saturated heterocycles. The highest BCUT2D eigenvalue weighted by molar-refractivity contribution is 6.00. The van der Waals surface area contributed by atoms with Gasteiger partial charge in [-0.15, -0.1) is 12.8 Å². The summed E-state index contributed by atoms with van der Waals surface area (Å²) in [4.78, 5) is 2.54. The maximum Gasteiger partial charge on any atom is 0.256 e. The predicted octanol–water partition coefficient (Wildman–Crippen LogP) is 6.68. The fourth-order valence-corrected chi connectivity index (χ4v) is 4.50. The number of terminal acetylenes is 1. The van der Waals surface area contributed by atoms with Crippen LogP contribution in [0.3, 0.4) is 0 Å². The standard InChI is InChI=1S/C28H35N3O3.C2H2/c1-4-27(29)34-28(30)26-18-23-24(7-5-8-25(23)33-26)32-16-6-13-31-14-11-21(12-15-31)22-10-9-19(2)20(3)17-22;1-2/h5,7-10,17-18,21,29-30H,4,6,11-16H2,1-3H3;1-2H. The number of nitrogens with zero attached hydrogens (tertiary/aromatic N) is 1. The molecule has 0 radical (unpaired) electrons. The molecule has 1 aromatic heterocycles. The number of benzene rings is 2. The summed E-state index contributed by atoms with van der Waals surface area (Å²) in [7, 11) is 0. The van der Waals surface area contributed by atoms with Gasteiger partial charge in [-0.3, -0.25) is 10.8 Å². The molecule has 2 heterocycles. The first-order valence-corrected chi connectivity index (χ1v) is 12.6. The van der Waals surface area contributed by atoms with Crippen LogP contribution in [0.4, 0.5) is 0 Å². The van der Waals surface area contributed by atoms with Crippen molar-refractivity contribution in [1.29, 1.82) is 10.8 Å². The highest BCUT2D eigenvalue weighted by Gasteiger charge is 2.21. The topological polar surface area (TPSA) is 82.5 Å². The Morgan fingerprint density at radius 3 is 2.50 bits per heavy atom. The van der Waals surface area contributed by atoms with E-state index in [1.807, 2.05) is 25.1 Å². The molecule has 0 spiro atoms. The molecule has 190 valence electrons. The lowest BCUT2D eigenvalue weighted by Gasteiger charge is -2.32. The summed E-state index contributed by atoms with van der Waals surface area (Å²) in [6.07, 6.45) is 11.8. The van der Waals surface area contributed by atoms with E-state index in [9.17, 15) is 0 Å². The minimum absolute atomic E-state index is 0.0416. The van der Waals surface area contributed by atoms with E-state index in [-0.39, 0.29) is 11.8 Å². The number of hydrogen-bond donors (Lipinski definition) is 2. The first-order chi connectivity index (χ1) is 17.4. The fourth-order valence-electron chi connectivity index (χ4n) is 4.50. The number of fused-ring (bicyclic) bond motifs is 1. The number of ether oxygens (including phenoxy) is 2. The van der Waals surface area contributed by atoms with Crippen LogP contribution in [0.5, 0.6) is 5.75 Å². The van der Waals surface area contributed by atoms with Crippen molar-refractivity contribution in [1.82, 2.24) is 4.90 Å². The largest absolute Gasteiger partial charge is 0.493 e. The van der Waals surface area contributed by atoms with E-state index in [1.54, 1.807) is 6.07 Å². The Balaban J connectivity index is 0.00000176. The third-order valence-corrected chi connectivity index (χ3v) is 6.76. The van der Waals surface area contributed by atoms with E-state index >= 15 is 0 Å². The Hall–Kier alpha value is -3.56. The first kappa shape index (κ1) is 27.0. The summed E-state index contributed by atoms with van der Waals surface area (Å²) in [6, 6.07) is 14.4. The molecule has 36 heavy (non-hydrogen) atoms. The van der Waals surface area contributed by atoms with Crippen LogP contribution >= 0.6 is 0 Å². The van der Waals surface area contributed by atoms with Crippen LogP contribution in [0.1, 0.15) is 61.0 Å². The van der Waals surface area contributed by atoms with Crippen molar-refractivity contribution in [3.8, 4) is 18.6 Å². The van der Waals surface area contributed by atoms with Gasteiger partial charge in [0.2, 0.25) is 0 Å². The molecule has 1 aliphatic heterocycles. The molecule has 0 amide bonds. The minimum atomic E-state index is -0.154. The molecule has 0 atom stereocenters. The van der Waals surface area contributed by atoms with Gasteiger partial charge in [0.15, 0.2) is 11.7 Å². The molecule has 1 aliphatic rings. The van der Waals surface area contributed by atoms with Crippen molar-refractivity contribution in [2.45, 2.75) is 52.4 Å². The minimum Gasteiger partial charge on any atom is -0.493 e. The van der Waals surface area contributed by atoms with Crippen molar-refractivity contribution in [2.75, 3.05) is 26.2 Å². The first-order valence-electron chi connectivity index (χ1n) is 12.6. The lowest BCUT2D eigenvalue weighted by atomic mass is 9.88. The lowest BCUT2D eigenvalue weighted by Crippen LogP contribution is -2.34. The summed E-state index contributed by atoms with van der Waals surface area (Å²) < 4.78 is 17.0. The van der Waals surface area contributed by atoms with E-state index in [0.717, 1.165) is 37.2 Å². The molecule has 2 N–H and O–H groups in total. The van der Waals surface area contributed by atoms with E-state index in [2.05, 4.69) is 49.8 Å². The molecule has 4 rings (SSSR count). The second-order valence-corrected chi connectivity index (χ2v) is 9.15. The van der Waals surface area contributed by atoms with Crippen molar-refractivity contribution in [3.05, 3.63) is 64.9 Å². The van der Waals surface area contributed by atoms with Crippen LogP contribution in [-0.2, 0) is 4.74 Å². The van der Waals surface area contributed by atoms with E-state index in [4.69, 9.17) is 24.7 Å². The predicted molar refractivity (Wildman–Crippen MR) is 146 cm³/mol. The highest BCUT2D eigenvalue weighted by atomic mass is 16.5. The second-order valence-electron chi connectivity index (χ2n) is 9.15. The third-order valence-electron chi connectivity index (χ3n) is 6.76.